The molecule has 7 heteroatoms. The van der Waals surface area contributed by atoms with Crippen LogP contribution in [0.2, 0.25) is 0 Å². The van der Waals surface area contributed by atoms with Crippen LogP contribution < -0.4 is 10.6 Å². The summed E-state index contributed by atoms with van der Waals surface area (Å²) in [7, 11) is 0. The van der Waals surface area contributed by atoms with Crippen molar-refractivity contribution in [2.45, 2.75) is 37.4 Å². The molecule has 0 aliphatic carbocycles. The molecule has 6 nitrogen and oxygen atoms in total. The zero-order chi connectivity index (χ0) is 16.1. The van der Waals surface area contributed by atoms with Gasteiger partial charge < -0.3 is 10.6 Å². The number of fused-ring (bicyclic) bond motifs is 1. The number of aryl methyl sites for hydroxylation is 1. The summed E-state index contributed by atoms with van der Waals surface area (Å²) in [5.74, 6) is 2.13. The maximum absolute atomic E-state index is 11.9. The second-order valence-corrected chi connectivity index (χ2v) is 7.84. The molecule has 2 N–H and O–H groups in total. The molecule has 0 saturated carbocycles. The summed E-state index contributed by atoms with van der Waals surface area (Å²) >= 11 is 1.95. The van der Waals surface area contributed by atoms with Crippen molar-refractivity contribution < 1.29 is 4.79 Å². The molecule has 1 atom stereocenters. The van der Waals surface area contributed by atoms with Crippen molar-refractivity contribution in [1.29, 1.82) is 0 Å². The van der Waals surface area contributed by atoms with Crippen LogP contribution in [0.5, 0.6) is 0 Å². The van der Waals surface area contributed by atoms with Crippen LogP contribution in [0, 0.1) is 0 Å². The molecule has 124 valence electrons. The van der Waals surface area contributed by atoms with Gasteiger partial charge in [0.1, 0.15) is 5.82 Å². The molecule has 3 heterocycles. The number of carbonyl (C=O) groups excluding carboxylic acids is 1. The van der Waals surface area contributed by atoms with Gasteiger partial charge in [-0.2, -0.15) is 11.8 Å². The summed E-state index contributed by atoms with van der Waals surface area (Å²) in [6.07, 6.45) is 6.02. The molecular weight excluding hydrogens is 310 g/mol. The minimum Gasteiger partial charge on any atom is -0.338 e. The third-order valence-corrected chi connectivity index (χ3v) is 5.71. The molecular formula is C16H23N5OS. The fourth-order valence-electron chi connectivity index (χ4n) is 2.82. The first-order chi connectivity index (χ1) is 11.2. The highest BCUT2D eigenvalue weighted by Crippen LogP contribution is 2.36. The second-order valence-electron chi connectivity index (χ2n) is 6.16. The zero-order valence-electron chi connectivity index (χ0n) is 13.4. The van der Waals surface area contributed by atoms with E-state index in [4.69, 9.17) is 0 Å². The lowest BCUT2D eigenvalue weighted by atomic mass is 10.1. The van der Waals surface area contributed by atoms with E-state index in [1.165, 1.54) is 18.6 Å². The molecule has 3 rings (SSSR count). The van der Waals surface area contributed by atoms with Gasteiger partial charge in [-0.1, -0.05) is 6.07 Å². The zero-order valence-corrected chi connectivity index (χ0v) is 14.2. The number of hydrogen-bond acceptors (Lipinski definition) is 4. The number of nitrogens with one attached hydrogen (secondary N) is 2. The Bertz CT molecular complexity index is 665. The Morgan fingerprint density at radius 1 is 1.39 bits per heavy atom. The topological polar surface area (TPSA) is 71.3 Å². The average Bonchev–Trinajstić information content (AvgIpc) is 3.17. The maximum Gasteiger partial charge on any atom is 0.314 e. The number of thioether (sulfide) groups is 1. The number of rotatable bonds is 6. The molecule has 2 amide bonds. The third-order valence-electron chi connectivity index (χ3n) is 4.17. The summed E-state index contributed by atoms with van der Waals surface area (Å²) in [5.41, 5.74) is 0.857. The van der Waals surface area contributed by atoms with Crippen molar-refractivity contribution in [2.75, 3.05) is 18.8 Å². The van der Waals surface area contributed by atoms with Crippen LogP contribution in [-0.2, 0) is 6.42 Å². The fraction of sp³-hybridized carbons (Fsp3) is 0.562. The lowest BCUT2D eigenvalue weighted by Crippen LogP contribution is -2.42. The molecule has 1 saturated heterocycles. The summed E-state index contributed by atoms with van der Waals surface area (Å²) in [6, 6.07) is 5.77. The highest BCUT2D eigenvalue weighted by Gasteiger charge is 2.29. The lowest BCUT2D eigenvalue weighted by Gasteiger charge is -2.22. The number of aromatic nitrogens is 3. The van der Waals surface area contributed by atoms with Crippen LogP contribution in [-0.4, -0.2) is 44.2 Å². The number of pyridine rings is 1. The van der Waals surface area contributed by atoms with Crippen molar-refractivity contribution in [1.82, 2.24) is 25.2 Å². The molecule has 1 fully saturated rings. The highest BCUT2D eigenvalue weighted by molar-refractivity contribution is 8.00. The van der Waals surface area contributed by atoms with Crippen molar-refractivity contribution in [3.63, 3.8) is 0 Å². The summed E-state index contributed by atoms with van der Waals surface area (Å²) < 4.78 is 2.19. The van der Waals surface area contributed by atoms with Crippen LogP contribution in [0.25, 0.3) is 5.65 Å². The molecule has 2 aromatic heterocycles. The summed E-state index contributed by atoms with van der Waals surface area (Å²) in [5, 5.41) is 14.2. The molecule has 2 aromatic rings. The van der Waals surface area contributed by atoms with E-state index in [0.29, 0.717) is 6.54 Å². The Kier molecular flexibility index (Phi) is 5.05. The molecule has 1 aliphatic heterocycles. The van der Waals surface area contributed by atoms with Crippen molar-refractivity contribution >= 4 is 23.4 Å². The first kappa shape index (κ1) is 16.1. The average molecular weight is 333 g/mol. The molecule has 1 aliphatic rings. The van der Waals surface area contributed by atoms with Crippen LogP contribution >= 0.6 is 11.8 Å². The van der Waals surface area contributed by atoms with Gasteiger partial charge in [-0.05, 0) is 44.1 Å². The third kappa shape index (κ3) is 4.16. The molecule has 0 radical (unpaired) electrons. The van der Waals surface area contributed by atoms with E-state index in [1.807, 2.05) is 40.6 Å². The Hall–Kier alpha value is -1.76. The number of amides is 2. The van der Waals surface area contributed by atoms with E-state index in [1.54, 1.807) is 0 Å². The van der Waals surface area contributed by atoms with Crippen molar-refractivity contribution in [3.05, 3.63) is 30.2 Å². The van der Waals surface area contributed by atoms with Gasteiger partial charge in [0.25, 0.3) is 0 Å². The van der Waals surface area contributed by atoms with Gasteiger partial charge in [0.05, 0.1) is 0 Å². The van der Waals surface area contributed by atoms with E-state index < -0.39 is 0 Å². The SMILES string of the molecule is C[C@@]1(CNC(=O)NCCCc2nnc3ccccn23)CCCS1. The lowest BCUT2D eigenvalue weighted by molar-refractivity contribution is 0.239. The maximum atomic E-state index is 11.9. The van der Waals surface area contributed by atoms with Crippen LogP contribution in [0.4, 0.5) is 4.79 Å². The van der Waals surface area contributed by atoms with Crippen LogP contribution in [0.15, 0.2) is 24.4 Å². The van der Waals surface area contributed by atoms with E-state index >= 15 is 0 Å². The van der Waals surface area contributed by atoms with Crippen LogP contribution in [0.3, 0.4) is 0 Å². The predicted molar refractivity (Wildman–Crippen MR) is 92.8 cm³/mol. The van der Waals surface area contributed by atoms with Crippen LogP contribution in [0.1, 0.15) is 32.0 Å². The number of nitrogens with zero attached hydrogens (tertiary/aromatic N) is 3. The normalized spacial score (nSPS) is 20.7. The van der Waals surface area contributed by atoms with Gasteiger partial charge in [0.2, 0.25) is 0 Å². The quantitative estimate of drug-likeness (QED) is 0.796. The van der Waals surface area contributed by atoms with Gasteiger partial charge in [0, 0.05) is 30.5 Å². The molecule has 0 unspecified atom stereocenters. The van der Waals surface area contributed by atoms with Gasteiger partial charge in [0.15, 0.2) is 5.65 Å². The standard InChI is InChI=1S/C16H23N5OS/c1-16(8-5-11-23-16)12-18-15(22)17-9-4-7-14-20-19-13-6-2-3-10-21(13)14/h2-3,6,10H,4-5,7-9,11-12H2,1H3,(H2,17,18,22)/t16-/m0/s1. The van der Waals surface area contributed by atoms with Gasteiger partial charge in [-0.15, -0.1) is 10.2 Å². The van der Waals surface area contributed by atoms with E-state index in [9.17, 15) is 4.79 Å². The molecule has 23 heavy (non-hydrogen) atoms. The first-order valence-corrected chi connectivity index (χ1v) is 9.09. The Morgan fingerprint density at radius 3 is 3.13 bits per heavy atom. The Morgan fingerprint density at radius 2 is 2.30 bits per heavy atom. The Balaban J connectivity index is 1.37. The summed E-state index contributed by atoms with van der Waals surface area (Å²) in [6.45, 7) is 3.59. The number of urea groups is 1. The van der Waals surface area contributed by atoms with Crippen molar-refractivity contribution in [3.8, 4) is 0 Å². The predicted octanol–water partition coefficient (Wildman–Crippen LogP) is 2.25. The van der Waals surface area contributed by atoms with Gasteiger partial charge in [-0.3, -0.25) is 4.40 Å². The monoisotopic (exact) mass is 333 g/mol. The fourth-order valence-corrected chi connectivity index (χ4v) is 4.06. The summed E-state index contributed by atoms with van der Waals surface area (Å²) in [4.78, 5) is 11.9. The van der Waals surface area contributed by atoms with Crippen molar-refractivity contribution in [2.24, 2.45) is 0 Å². The van der Waals surface area contributed by atoms with E-state index in [-0.39, 0.29) is 10.8 Å². The first-order valence-electron chi connectivity index (χ1n) is 8.11. The van der Waals surface area contributed by atoms with E-state index in [2.05, 4.69) is 27.8 Å². The van der Waals surface area contributed by atoms with E-state index in [0.717, 1.165) is 30.9 Å². The highest BCUT2D eigenvalue weighted by atomic mass is 32.2. The Labute approximate surface area is 140 Å². The second kappa shape index (κ2) is 7.21. The minimum absolute atomic E-state index is 0.0789. The molecule has 0 bridgehead atoms. The number of hydrogen-bond donors (Lipinski definition) is 2. The van der Waals surface area contributed by atoms with Gasteiger partial charge >= 0.3 is 6.03 Å². The number of carbonyl (C=O) groups is 1. The molecule has 0 aromatic carbocycles. The molecule has 0 spiro atoms. The van der Waals surface area contributed by atoms with Gasteiger partial charge in [-0.25, -0.2) is 4.79 Å². The minimum atomic E-state index is -0.0789. The largest absolute Gasteiger partial charge is 0.338 e. The smallest absolute Gasteiger partial charge is 0.314 e.